The Hall–Kier alpha value is -0.910. The molecule has 112 valence electrons. The first-order valence-corrected chi connectivity index (χ1v) is 8.23. The molecule has 0 spiro atoms. The van der Waals surface area contributed by atoms with E-state index in [4.69, 9.17) is 0 Å². The van der Waals surface area contributed by atoms with E-state index in [0.717, 1.165) is 32.7 Å². The molecule has 0 radical (unpaired) electrons. The van der Waals surface area contributed by atoms with Crippen LogP contribution in [0.5, 0.6) is 0 Å². The summed E-state index contributed by atoms with van der Waals surface area (Å²) in [4.78, 5) is 18.2. The molecule has 1 aliphatic heterocycles. The van der Waals surface area contributed by atoms with Crippen LogP contribution < -0.4 is 5.32 Å². The predicted molar refractivity (Wildman–Crippen MR) is 83.9 cm³/mol. The first-order chi connectivity index (χ1) is 9.56. The number of piperazine rings is 1. The molecule has 0 aromatic carbocycles. The van der Waals surface area contributed by atoms with E-state index in [2.05, 4.69) is 32.6 Å². The molecule has 1 fully saturated rings. The first kappa shape index (κ1) is 15.5. The Kier molecular flexibility index (Phi) is 5.57. The van der Waals surface area contributed by atoms with E-state index in [1.165, 1.54) is 4.88 Å². The van der Waals surface area contributed by atoms with Crippen molar-refractivity contribution in [2.75, 3.05) is 26.2 Å². The molecule has 1 saturated heterocycles. The lowest BCUT2D eigenvalue weighted by Crippen LogP contribution is -2.54. The van der Waals surface area contributed by atoms with Crippen LogP contribution in [0.15, 0.2) is 17.5 Å². The Morgan fingerprint density at radius 3 is 2.55 bits per heavy atom. The molecule has 2 rings (SSSR count). The molecule has 0 bridgehead atoms. The molecule has 1 atom stereocenters. The van der Waals surface area contributed by atoms with Crippen LogP contribution in [0.25, 0.3) is 0 Å². The van der Waals surface area contributed by atoms with Gasteiger partial charge >= 0.3 is 0 Å². The Morgan fingerprint density at radius 1 is 1.30 bits per heavy atom. The molecule has 20 heavy (non-hydrogen) atoms. The quantitative estimate of drug-likeness (QED) is 0.899. The third-order valence-corrected chi connectivity index (χ3v) is 4.59. The molecule has 2 heterocycles. The molecule has 0 aliphatic carbocycles. The summed E-state index contributed by atoms with van der Waals surface area (Å²) < 4.78 is 0. The lowest BCUT2D eigenvalue weighted by molar-refractivity contribution is -0.127. The van der Waals surface area contributed by atoms with Crippen molar-refractivity contribution in [1.82, 2.24) is 15.1 Å². The van der Waals surface area contributed by atoms with Gasteiger partial charge < -0.3 is 5.32 Å². The molecule has 1 aromatic heterocycles. The van der Waals surface area contributed by atoms with E-state index in [1.807, 2.05) is 32.1 Å². The lowest BCUT2D eigenvalue weighted by Gasteiger charge is -2.37. The minimum atomic E-state index is -0.0266. The second kappa shape index (κ2) is 7.20. The Balaban J connectivity index is 1.77. The van der Waals surface area contributed by atoms with Crippen molar-refractivity contribution < 1.29 is 4.79 Å². The third-order valence-electron chi connectivity index (χ3n) is 3.72. The van der Waals surface area contributed by atoms with Gasteiger partial charge in [0, 0.05) is 43.6 Å². The first-order valence-electron chi connectivity index (χ1n) is 7.35. The van der Waals surface area contributed by atoms with Gasteiger partial charge in [0.25, 0.3) is 0 Å². The average molecular weight is 295 g/mol. The summed E-state index contributed by atoms with van der Waals surface area (Å²) in [6.07, 6.45) is 0. The number of nitrogens with one attached hydrogen (secondary N) is 1. The molecule has 1 aromatic rings. The lowest BCUT2D eigenvalue weighted by atomic mass is 10.2. The van der Waals surface area contributed by atoms with Crippen LogP contribution in [0, 0.1) is 0 Å². The van der Waals surface area contributed by atoms with Crippen LogP contribution >= 0.6 is 11.3 Å². The minimum absolute atomic E-state index is 0.0266. The summed E-state index contributed by atoms with van der Waals surface area (Å²) in [6.45, 7) is 11.1. The number of hydrogen-bond acceptors (Lipinski definition) is 4. The Labute approximate surface area is 125 Å². The van der Waals surface area contributed by atoms with Gasteiger partial charge in [0.1, 0.15) is 0 Å². The van der Waals surface area contributed by atoms with E-state index < -0.39 is 0 Å². The summed E-state index contributed by atoms with van der Waals surface area (Å²) in [7, 11) is 0. The van der Waals surface area contributed by atoms with Crippen molar-refractivity contribution in [3.8, 4) is 0 Å². The maximum Gasteiger partial charge on any atom is 0.237 e. The maximum absolute atomic E-state index is 12.0. The standard InChI is InChI=1S/C15H25N3OS/c1-12(2)16-15(19)13(3)18-8-6-17(7-9-18)11-14-5-4-10-20-14/h4-5,10,12-13H,6-9,11H2,1-3H3,(H,16,19)/t13-/m0/s1. The summed E-state index contributed by atoms with van der Waals surface area (Å²) in [5, 5.41) is 5.12. The fourth-order valence-electron chi connectivity index (χ4n) is 2.50. The largest absolute Gasteiger partial charge is 0.353 e. The smallest absolute Gasteiger partial charge is 0.237 e. The number of thiophene rings is 1. The van der Waals surface area contributed by atoms with Gasteiger partial charge in [-0.15, -0.1) is 11.3 Å². The number of rotatable bonds is 5. The van der Waals surface area contributed by atoms with Crippen molar-refractivity contribution in [3.63, 3.8) is 0 Å². The van der Waals surface area contributed by atoms with Crippen LogP contribution in [-0.4, -0.2) is 54.0 Å². The van der Waals surface area contributed by atoms with Crippen LogP contribution in [0.4, 0.5) is 0 Å². The zero-order valence-corrected chi connectivity index (χ0v) is 13.4. The fraction of sp³-hybridized carbons (Fsp3) is 0.667. The van der Waals surface area contributed by atoms with E-state index >= 15 is 0 Å². The number of carbonyl (C=O) groups is 1. The number of hydrogen-bond donors (Lipinski definition) is 1. The van der Waals surface area contributed by atoms with Gasteiger partial charge in [-0.2, -0.15) is 0 Å². The Morgan fingerprint density at radius 2 is 2.00 bits per heavy atom. The third kappa shape index (κ3) is 4.30. The van der Waals surface area contributed by atoms with E-state index in [0.29, 0.717) is 0 Å². The van der Waals surface area contributed by atoms with Crippen LogP contribution in [0.1, 0.15) is 25.6 Å². The van der Waals surface area contributed by atoms with Gasteiger partial charge in [-0.05, 0) is 32.2 Å². The van der Waals surface area contributed by atoms with Gasteiger partial charge in [-0.3, -0.25) is 14.6 Å². The second-order valence-electron chi connectivity index (χ2n) is 5.73. The number of amides is 1. The second-order valence-corrected chi connectivity index (χ2v) is 6.76. The highest BCUT2D eigenvalue weighted by Gasteiger charge is 2.25. The SMILES string of the molecule is CC(C)NC(=O)[C@H](C)N1CCN(Cc2cccs2)CC1. The molecule has 1 aliphatic rings. The molecule has 1 amide bonds. The monoisotopic (exact) mass is 295 g/mol. The summed E-state index contributed by atoms with van der Waals surface area (Å²) in [5.74, 6) is 0.145. The van der Waals surface area contributed by atoms with Crippen LogP contribution in [-0.2, 0) is 11.3 Å². The van der Waals surface area contributed by atoms with E-state index in [1.54, 1.807) is 0 Å². The molecule has 0 unspecified atom stereocenters. The molecule has 5 heteroatoms. The number of carbonyl (C=O) groups excluding carboxylic acids is 1. The van der Waals surface area contributed by atoms with Crippen molar-refractivity contribution in [2.24, 2.45) is 0 Å². The molecule has 1 N–H and O–H groups in total. The van der Waals surface area contributed by atoms with Crippen LogP contribution in [0.3, 0.4) is 0 Å². The normalized spacial score (nSPS) is 19.2. The Bertz CT molecular complexity index is 411. The highest BCUT2D eigenvalue weighted by Crippen LogP contribution is 2.14. The highest BCUT2D eigenvalue weighted by molar-refractivity contribution is 7.09. The molecular formula is C15H25N3OS. The summed E-state index contributed by atoms with van der Waals surface area (Å²) in [5.41, 5.74) is 0. The molecular weight excluding hydrogens is 270 g/mol. The zero-order valence-electron chi connectivity index (χ0n) is 12.6. The van der Waals surface area contributed by atoms with Gasteiger partial charge in [0.15, 0.2) is 0 Å². The predicted octanol–water partition coefficient (Wildman–Crippen LogP) is 1.78. The molecule has 0 saturated carbocycles. The van der Waals surface area contributed by atoms with Crippen molar-refractivity contribution in [3.05, 3.63) is 22.4 Å². The van der Waals surface area contributed by atoms with Gasteiger partial charge in [0.2, 0.25) is 5.91 Å². The van der Waals surface area contributed by atoms with Gasteiger partial charge in [0.05, 0.1) is 6.04 Å². The van der Waals surface area contributed by atoms with Crippen molar-refractivity contribution in [1.29, 1.82) is 0 Å². The zero-order chi connectivity index (χ0) is 14.5. The van der Waals surface area contributed by atoms with Crippen LogP contribution in [0.2, 0.25) is 0 Å². The van der Waals surface area contributed by atoms with Crippen molar-refractivity contribution in [2.45, 2.75) is 39.4 Å². The van der Waals surface area contributed by atoms with E-state index in [9.17, 15) is 4.79 Å². The minimum Gasteiger partial charge on any atom is -0.353 e. The highest BCUT2D eigenvalue weighted by atomic mass is 32.1. The summed E-state index contributed by atoms with van der Waals surface area (Å²) >= 11 is 1.82. The molecule has 4 nitrogen and oxygen atoms in total. The van der Waals surface area contributed by atoms with Gasteiger partial charge in [-0.25, -0.2) is 0 Å². The topological polar surface area (TPSA) is 35.6 Å². The fourth-order valence-corrected chi connectivity index (χ4v) is 3.25. The summed E-state index contributed by atoms with van der Waals surface area (Å²) in [6, 6.07) is 4.48. The maximum atomic E-state index is 12.0. The van der Waals surface area contributed by atoms with E-state index in [-0.39, 0.29) is 18.0 Å². The number of nitrogens with zero attached hydrogens (tertiary/aromatic N) is 2. The van der Waals surface area contributed by atoms with Gasteiger partial charge in [-0.1, -0.05) is 6.07 Å². The van der Waals surface area contributed by atoms with Crippen molar-refractivity contribution >= 4 is 17.2 Å². The average Bonchev–Trinajstić information content (AvgIpc) is 2.91.